The van der Waals surface area contributed by atoms with E-state index in [0.29, 0.717) is 0 Å². The summed E-state index contributed by atoms with van der Waals surface area (Å²) in [4.78, 5) is 0. The normalized spacial score (nSPS) is 39.2. The lowest BCUT2D eigenvalue weighted by atomic mass is 9.82. The van der Waals surface area contributed by atoms with E-state index in [2.05, 4.69) is 19.2 Å². The van der Waals surface area contributed by atoms with Crippen molar-refractivity contribution < 1.29 is 0 Å². The molecule has 2 aliphatic rings. The highest BCUT2D eigenvalue weighted by molar-refractivity contribution is 4.79. The maximum atomic E-state index is 3.85. The van der Waals surface area contributed by atoms with Crippen LogP contribution >= 0.6 is 0 Å². The maximum absolute atomic E-state index is 3.85. The number of hydrogen-bond acceptors (Lipinski definition) is 1. The van der Waals surface area contributed by atoms with Crippen LogP contribution in [0.1, 0.15) is 71.6 Å². The zero-order chi connectivity index (χ0) is 12.1. The Balaban J connectivity index is 1.59. The molecular formula is C16H31N. The summed E-state index contributed by atoms with van der Waals surface area (Å²) in [6, 6.07) is 0.845. The molecule has 0 aromatic rings. The van der Waals surface area contributed by atoms with Gasteiger partial charge in [-0.1, -0.05) is 33.1 Å². The zero-order valence-electron chi connectivity index (χ0n) is 11.9. The second kappa shape index (κ2) is 6.78. The van der Waals surface area contributed by atoms with Crippen LogP contribution in [-0.4, -0.2) is 12.6 Å². The minimum absolute atomic E-state index is 0.845. The van der Waals surface area contributed by atoms with E-state index in [9.17, 15) is 0 Å². The summed E-state index contributed by atoms with van der Waals surface area (Å²) >= 11 is 0. The van der Waals surface area contributed by atoms with Crippen molar-refractivity contribution in [1.82, 2.24) is 5.32 Å². The molecule has 0 saturated heterocycles. The fraction of sp³-hybridized carbons (Fsp3) is 1.00. The van der Waals surface area contributed by atoms with Crippen LogP contribution in [0.25, 0.3) is 0 Å². The van der Waals surface area contributed by atoms with Gasteiger partial charge in [0.2, 0.25) is 0 Å². The second-order valence-corrected chi connectivity index (χ2v) is 6.66. The third-order valence-corrected chi connectivity index (χ3v) is 5.25. The van der Waals surface area contributed by atoms with Crippen molar-refractivity contribution in [2.45, 2.75) is 77.7 Å². The summed E-state index contributed by atoms with van der Waals surface area (Å²) in [7, 11) is 0. The Labute approximate surface area is 108 Å². The molecule has 17 heavy (non-hydrogen) atoms. The molecule has 0 aliphatic heterocycles. The van der Waals surface area contributed by atoms with Gasteiger partial charge in [0.15, 0.2) is 0 Å². The van der Waals surface area contributed by atoms with Crippen LogP contribution in [0.2, 0.25) is 0 Å². The first-order chi connectivity index (χ1) is 8.28. The number of nitrogens with one attached hydrogen (secondary N) is 1. The molecule has 0 spiro atoms. The van der Waals surface area contributed by atoms with Gasteiger partial charge in [-0.25, -0.2) is 0 Å². The van der Waals surface area contributed by atoms with E-state index < -0.39 is 0 Å². The smallest absolute Gasteiger partial charge is 0.00673 e. The summed E-state index contributed by atoms with van der Waals surface area (Å²) < 4.78 is 0. The number of hydrogen-bond donors (Lipinski definition) is 1. The van der Waals surface area contributed by atoms with Gasteiger partial charge in [0.05, 0.1) is 0 Å². The largest absolute Gasteiger partial charge is 0.314 e. The summed E-state index contributed by atoms with van der Waals surface area (Å²) in [5, 5.41) is 3.85. The van der Waals surface area contributed by atoms with Crippen LogP contribution in [0.15, 0.2) is 0 Å². The molecule has 0 amide bonds. The summed E-state index contributed by atoms with van der Waals surface area (Å²) in [5.74, 6) is 3.00. The van der Waals surface area contributed by atoms with Gasteiger partial charge in [0.25, 0.3) is 0 Å². The molecule has 0 bridgehead atoms. The van der Waals surface area contributed by atoms with Gasteiger partial charge in [0.1, 0.15) is 0 Å². The molecule has 100 valence electrons. The Morgan fingerprint density at radius 1 is 0.824 bits per heavy atom. The van der Waals surface area contributed by atoms with Crippen LogP contribution in [0.4, 0.5) is 0 Å². The van der Waals surface area contributed by atoms with Gasteiger partial charge in [0, 0.05) is 6.04 Å². The monoisotopic (exact) mass is 237 g/mol. The van der Waals surface area contributed by atoms with Crippen LogP contribution in [0, 0.1) is 17.8 Å². The Bertz CT molecular complexity index is 198. The SMILES string of the molecule is CCC1CCC(NCC2CCC(C)CC2)CC1. The molecule has 0 radical (unpaired) electrons. The highest BCUT2D eigenvalue weighted by Gasteiger charge is 2.22. The van der Waals surface area contributed by atoms with Crippen molar-refractivity contribution in [1.29, 1.82) is 0 Å². The van der Waals surface area contributed by atoms with Gasteiger partial charge in [-0.05, 0) is 62.8 Å². The lowest BCUT2D eigenvalue weighted by molar-refractivity contribution is 0.243. The fourth-order valence-corrected chi connectivity index (χ4v) is 3.64. The van der Waals surface area contributed by atoms with Gasteiger partial charge in [-0.3, -0.25) is 0 Å². The van der Waals surface area contributed by atoms with E-state index in [-0.39, 0.29) is 0 Å². The van der Waals surface area contributed by atoms with Crippen molar-refractivity contribution in [2.24, 2.45) is 17.8 Å². The van der Waals surface area contributed by atoms with Gasteiger partial charge in [-0.15, -0.1) is 0 Å². The Morgan fingerprint density at radius 3 is 2.00 bits per heavy atom. The molecule has 1 N–H and O–H groups in total. The van der Waals surface area contributed by atoms with Crippen molar-refractivity contribution in [3.8, 4) is 0 Å². The molecule has 0 aromatic heterocycles. The first-order valence-electron chi connectivity index (χ1n) is 8.01. The molecule has 0 atom stereocenters. The van der Waals surface area contributed by atoms with E-state index >= 15 is 0 Å². The van der Waals surface area contributed by atoms with E-state index in [1.807, 2.05) is 0 Å². The van der Waals surface area contributed by atoms with Crippen molar-refractivity contribution in [2.75, 3.05) is 6.54 Å². The van der Waals surface area contributed by atoms with Crippen molar-refractivity contribution in [3.05, 3.63) is 0 Å². The Hall–Kier alpha value is -0.0400. The lowest BCUT2D eigenvalue weighted by Gasteiger charge is -2.32. The van der Waals surface area contributed by atoms with E-state index in [1.54, 1.807) is 0 Å². The summed E-state index contributed by atoms with van der Waals surface area (Å²) in [6.45, 7) is 6.06. The number of rotatable bonds is 4. The lowest BCUT2D eigenvalue weighted by Crippen LogP contribution is -2.37. The van der Waals surface area contributed by atoms with Gasteiger partial charge in [-0.2, -0.15) is 0 Å². The average Bonchev–Trinajstić information content (AvgIpc) is 2.39. The first-order valence-corrected chi connectivity index (χ1v) is 8.01. The molecule has 2 rings (SSSR count). The van der Waals surface area contributed by atoms with Crippen LogP contribution in [-0.2, 0) is 0 Å². The quantitative estimate of drug-likeness (QED) is 0.765. The average molecular weight is 237 g/mol. The zero-order valence-corrected chi connectivity index (χ0v) is 11.9. The topological polar surface area (TPSA) is 12.0 Å². The molecule has 2 saturated carbocycles. The Morgan fingerprint density at radius 2 is 1.41 bits per heavy atom. The van der Waals surface area contributed by atoms with Crippen molar-refractivity contribution in [3.63, 3.8) is 0 Å². The highest BCUT2D eigenvalue weighted by Crippen LogP contribution is 2.29. The minimum Gasteiger partial charge on any atom is -0.314 e. The molecule has 0 aromatic carbocycles. The standard InChI is InChI=1S/C16H31N/c1-3-14-8-10-16(11-9-14)17-12-15-6-4-13(2)5-7-15/h13-17H,3-12H2,1-2H3. The predicted octanol–water partition coefficient (Wildman–Crippen LogP) is 4.37. The molecule has 0 unspecified atom stereocenters. The second-order valence-electron chi connectivity index (χ2n) is 6.66. The molecule has 2 aliphatic carbocycles. The summed E-state index contributed by atoms with van der Waals surface area (Å²) in [6.07, 6.45) is 13.1. The first kappa shape index (κ1) is 13.4. The van der Waals surface area contributed by atoms with Crippen LogP contribution in [0.5, 0.6) is 0 Å². The van der Waals surface area contributed by atoms with Gasteiger partial charge >= 0.3 is 0 Å². The highest BCUT2D eigenvalue weighted by atomic mass is 14.9. The summed E-state index contributed by atoms with van der Waals surface area (Å²) in [5.41, 5.74) is 0. The van der Waals surface area contributed by atoms with E-state index in [0.717, 1.165) is 23.8 Å². The van der Waals surface area contributed by atoms with Crippen molar-refractivity contribution >= 4 is 0 Å². The molecule has 0 heterocycles. The predicted molar refractivity (Wildman–Crippen MR) is 75.2 cm³/mol. The molecular weight excluding hydrogens is 206 g/mol. The molecule has 1 heteroatoms. The third kappa shape index (κ3) is 4.28. The minimum atomic E-state index is 0.845. The van der Waals surface area contributed by atoms with E-state index in [1.165, 1.54) is 64.3 Å². The van der Waals surface area contributed by atoms with Crippen LogP contribution < -0.4 is 5.32 Å². The molecule has 2 fully saturated rings. The van der Waals surface area contributed by atoms with Crippen LogP contribution in [0.3, 0.4) is 0 Å². The van der Waals surface area contributed by atoms with E-state index in [4.69, 9.17) is 0 Å². The fourth-order valence-electron chi connectivity index (χ4n) is 3.64. The third-order valence-electron chi connectivity index (χ3n) is 5.25. The maximum Gasteiger partial charge on any atom is 0.00673 e. The Kier molecular flexibility index (Phi) is 5.34. The van der Waals surface area contributed by atoms with Gasteiger partial charge < -0.3 is 5.32 Å². The molecule has 1 nitrogen and oxygen atoms in total.